The van der Waals surface area contributed by atoms with E-state index in [1.54, 1.807) is 12.3 Å². The van der Waals surface area contributed by atoms with Crippen LogP contribution in [-0.2, 0) is 10.2 Å². The second-order valence-corrected chi connectivity index (χ2v) is 7.46. The number of hydrogen-bond acceptors (Lipinski definition) is 5. The molecule has 0 fully saturated rings. The lowest BCUT2D eigenvalue weighted by atomic mass is 9.82. The molecule has 2 rings (SSSR count). The first-order valence-electron chi connectivity index (χ1n) is 8.81. The van der Waals surface area contributed by atoms with Crippen LogP contribution in [0.5, 0.6) is 0 Å². The summed E-state index contributed by atoms with van der Waals surface area (Å²) in [5, 5.41) is 13.7. The standard InChI is InChI=1S/C21H28N2O3/c1-14(2)11-23-20(25)21(3,4)18-8-6-15(7-9-18)16-10-17(13-22-12-16)19(24)26-5/h6-10,12-14,20,23,25H,11H2,1-5H3. The highest BCUT2D eigenvalue weighted by Crippen LogP contribution is 2.29. The van der Waals surface area contributed by atoms with Gasteiger partial charge in [-0.05, 0) is 29.7 Å². The Morgan fingerprint density at radius 2 is 1.85 bits per heavy atom. The molecule has 2 aromatic rings. The molecule has 0 radical (unpaired) electrons. The number of aliphatic hydroxyl groups excluding tert-OH is 1. The lowest BCUT2D eigenvalue weighted by Gasteiger charge is -2.32. The predicted molar refractivity (Wildman–Crippen MR) is 103 cm³/mol. The summed E-state index contributed by atoms with van der Waals surface area (Å²) >= 11 is 0. The monoisotopic (exact) mass is 356 g/mol. The summed E-state index contributed by atoms with van der Waals surface area (Å²) < 4.78 is 4.74. The van der Waals surface area contributed by atoms with Crippen molar-refractivity contribution in [3.63, 3.8) is 0 Å². The van der Waals surface area contributed by atoms with Crippen molar-refractivity contribution in [2.45, 2.75) is 39.3 Å². The Bertz CT molecular complexity index is 739. The fourth-order valence-electron chi connectivity index (χ4n) is 2.68. The molecule has 0 aliphatic rings. The molecule has 1 aromatic carbocycles. The Morgan fingerprint density at radius 1 is 1.19 bits per heavy atom. The second-order valence-electron chi connectivity index (χ2n) is 7.46. The van der Waals surface area contributed by atoms with Crippen LogP contribution in [0, 0.1) is 5.92 Å². The van der Waals surface area contributed by atoms with Crippen LogP contribution >= 0.6 is 0 Å². The predicted octanol–water partition coefficient (Wildman–Crippen LogP) is 3.38. The maximum atomic E-state index is 11.7. The third-order valence-corrected chi connectivity index (χ3v) is 4.52. The van der Waals surface area contributed by atoms with Crippen LogP contribution < -0.4 is 5.32 Å². The number of methoxy groups -OCH3 is 1. The molecular formula is C21H28N2O3. The highest BCUT2D eigenvalue weighted by molar-refractivity contribution is 5.90. The number of benzene rings is 1. The van der Waals surface area contributed by atoms with Gasteiger partial charge in [0.05, 0.1) is 12.7 Å². The first-order chi connectivity index (χ1) is 12.3. The minimum Gasteiger partial charge on any atom is -0.465 e. The van der Waals surface area contributed by atoms with Gasteiger partial charge >= 0.3 is 5.97 Å². The number of ether oxygens (including phenoxy) is 1. The number of carbonyl (C=O) groups excluding carboxylic acids is 1. The van der Waals surface area contributed by atoms with Gasteiger partial charge in [0.2, 0.25) is 0 Å². The summed E-state index contributed by atoms with van der Waals surface area (Å²) in [5.41, 5.74) is 2.81. The topological polar surface area (TPSA) is 71.5 Å². The van der Waals surface area contributed by atoms with Gasteiger partial charge < -0.3 is 9.84 Å². The molecule has 140 valence electrons. The zero-order chi connectivity index (χ0) is 19.3. The Kier molecular flexibility index (Phi) is 6.51. The number of carbonyl (C=O) groups is 1. The van der Waals surface area contributed by atoms with Gasteiger partial charge in [-0.3, -0.25) is 10.3 Å². The van der Waals surface area contributed by atoms with Gasteiger partial charge in [-0.2, -0.15) is 0 Å². The van der Waals surface area contributed by atoms with Gasteiger partial charge in [0.25, 0.3) is 0 Å². The van der Waals surface area contributed by atoms with Crippen molar-refractivity contribution in [3.8, 4) is 11.1 Å². The van der Waals surface area contributed by atoms with Gasteiger partial charge in [0.1, 0.15) is 6.23 Å². The number of pyridine rings is 1. The first kappa shape index (κ1) is 20.1. The highest BCUT2D eigenvalue weighted by Gasteiger charge is 2.29. The van der Waals surface area contributed by atoms with Crippen LogP contribution in [0.2, 0.25) is 0 Å². The molecular weight excluding hydrogens is 328 g/mol. The number of aliphatic hydroxyl groups is 1. The number of hydrogen-bond donors (Lipinski definition) is 2. The van der Waals surface area contributed by atoms with Crippen LogP contribution in [0.4, 0.5) is 0 Å². The summed E-state index contributed by atoms with van der Waals surface area (Å²) in [6.07, 6.45) is 2.56. The molecule has 0 bridgehead atoms. The van der Waals surface area contributed by atoms with Crippen LogP contribution in [0.3, 0.4) is 0 Å². The average molecular weight is 356 g/mol. The van der Waals surface area contributed by atoms with Crippen LogP contribution in [0.1, 0.15) is 43.6 Å². The molecule has 1 heterocycles. The molecule has 5 heteroatoms. The summed E-state index contributed by atoms with van der Waals surface area (Å²) in [4.78, 5) is 15.8. The van der Waals surface area contributed by atoms with Gasteiger partial charge in [0, 0.05) is 23.4 Å². The van der Waals surface area contributed by atoms with Crippen molar-refractivity contribution in [1.82, 2.24) is 10.3 Å². The normalized spacial score (nSPS) is 12.9. The summed E-state index contributed by atoms with van der Waals surface area (Å²) in [6.45, 7) is 9.00. The lowest BCUT2D eigenvalue weighted by Crippen LogP contribution is -2.45. The minimum atomic E-state index is -0.639. The lowest BCUT2D eigenvalue weighted by molar-refractivity contribution is 0.0600. The minimum absolute atomic E-state index is 0.406. The Hall–Kier alpha value is -2.24. The molecule has 0 spiro atoms. The van der Waals surface area contributed by atoms with E-state index in [1.807, 2.05) is 38.1 Å². The fourth-order valence-corrected chi connectivity index (χ4v) is 2.68. The third kappa shape index (κ3) is 4.68. The maximum absolute atomic E-state index is 11.7. The van der Waals surface area contributed by atoms with E-state index in [-0.39, 0.29) is 0 Å². The smallest absolute Gasteiger partial charge is 0.339 e. The molecule has 26 heavy (non-hydrogen) atoms. The van der Waals surface area contributed by atoms with E-state index < -0.39 is 17.6 Å². The number of rotatable bonds is 7. The zero-order valence-corrected chi connectivity index (χ0v) is 16.1. The van der Waals surface area contributed by atoms with Crippen LogP contribution in [0.25, 0.3) is 11.1 Å². The molecule has 0 saturated heterocycles. The molecule has 0 aliphatic heterocycles. The molecule has 1 atom stereocenters. The molecule has 2 N–H and O–H groups in total. The molecule has 0 saturated carbocycles. The fraction of sp³-hybridized carbons (Fsp3) is 0.429. The van der Waals surface area contributed by atoms with Crippen molar-refractivity contribution in [2.75, 3.05) is 13.7 Å². The molecule has 1 unspecified atom stereocenters. The van der Waals surface area contributed by atoms with E-state index in [1.165, 1.54) is 13.3 Å². The van der Waals surface area contributed by atoms with E-state index in [2.05, 4.69) is 24.1 Å². The Labute approximate surface area is 155 Å². The average Bonchev–Trinajstić information content (AvgIpc) is 2.65. The molecule has 0 amide bonds. The van der Waals surface area contributed by atoms with Gasteiger partial charge in [0.15, 0.2) is 0 Å². The van der Waals surface area contributed by atoms with E-state index >= 15 is 0 Å². The summed E-state index contributed by atoms with van der Waals surface area (Å²) in [6, 6.07) is 9.72. The number of nitrogens with one attached hydrogen (secondary N) is 1. The summed E-state index contributed by atoms with van der Waals surface area (Å²) in [7, 11) is 1.35. The number of nitrogens with zero attached hydrogens (tertiary/aromatic N) is 1. The van der Waals surface area contributed by atoms with E-state index in [0.29, 0.717) is 11.5 Å². The van der Waals surface area contributed by atoms with Crippen molar-refractivity contribution in [2.24, 2.45) is 5.92 Å². The Balaban J connectivity index is 2.21. The van der Waals surface area contributed by atoms with Crippen molar-refractivity contribution in [1.29, 1.82) is 0 Å². The number of esters is 1. The Morgan fingerprint density at radius 3 is 2.42 bits per heavy atom. The zero-order valence-electron chi connectivity index (χ0n) is 16.1. The van der Waals surface area contributed by atoms with Crippen LogP contribution in [-0.4, -0.2) is 35.9 Å². The van der Waals surface area contributed by atoms with Crippen LogP contribution in [0.15, 0.2) is 42.7 Å². The van der Waals surface area contributed by atoms with Crippen molar-refractivity contribution < 1.29 is 14.6 Å². The maximum Gasteiger partial charge on any atom is 0.339 e. The van der Waals surface area contributed by atoms with Crippen molar-refractivity contribution >= 4 is 5.97 Å². The highest BCUT2D eigenvalue weighted by atomic mass is 16.5. The first-order valence-corrected chi connectivity index (χ1v) is 8.81. The second kappa shape index (κ2) is 8.43. The van der Waals surface area contributed by atoms with Gasteiger partial charge in [-0.25, -0.2) is 4.79 Å². The SMILES string of the molecule is COC(=O)c1cncc(-c2ccc(C(C)(C)C(O)NCC(C)C)cc2)c1. The van der Waals surface area contributed by atoms with E-state index in [0.717, 1.165) is 23.2 Å². The largest absolute Gasteiger partial charge is 0.465 e. The molecule has 1 aromatic heterocycles. The molecule has 0 aliphatic carbocycles. The van der Waals surface area contributed by atoms with Gasteiger partial charge in [-0.1, -0.05) is 52.0 Å². The van der Waals surface area contributed by atoms with E-state index in [4.69, 9.17) is 4.74 Å². The van der Waals surface area contributed by atoms with Crippen molar-refractivity contribution in [3.05, 3.63) is 53.9 Å². The van der Waals surface area contributed by atoms with Gasteiger partial charge in [-0.15, -0.1) is 0 Å². The molecule has 5 nitrogen and oxygen atoms in total. The summed E-state index contributed by atoms with van der Waals surface area (Å²) in [5.74, 6) is 0.0638. The number of aromatic nitrogens is 1. The quantitative estimate of drug-likeness (QED) is 0.588. The van der Waals surface area contributed by atoms with E-state index in [9.17, 15) is 9.90 Å². The third-order valence-electron chi connectivity index (χ3n) is 4.52.